The highest BCUT2D eigenvalue weighted by molar-refractivity contribution is 7.18. The Kier molecular flexibility index (Phi) is 5.82. The summed E-state index contributed by atoms with van der Waals surface area (Å²) >= 11 is 1.72. The highest BCUT2D eigenvalue weighted by atomic mass is 32.1. The number of hydrogen-bond donors (Lipinski definition) is 3. The summed E-state index contributed by atoms with van der Waals surface area (Å²) in [7, 11) is 0. The third kappa shape index (κ3) is 4.45. The van der Waals surface area contributed by atoms with E-state index in [-0.39, 0.29) is 5.91 Å². The summed E-state index contributed by atoms with van der Waals surface area (Å²) in [6.45, 7) is 11.4. The fourth-order valence-corrected chi connectivity index (χ4v) is 4.03. The number of morpholine rings is 1. The van der Waals surface area contributed by atoms with E-state index in [0.29, 0.717) is 13.1 Å². The van der Waals surface area contributed by atoms with Gasteiger partial charge in [0, 0.05) is 24.9 Å². The van der Waals surface area contributed by atoms with Gasteiger partial charge in [-0.3, -0.25) is 4.79 Å². The van der Waals surface area contributed by atoms with Gasteiger partial charge in [0.15, 0.2) is 5.82 Å². The SMILES string of the molecule is CC(=O)NCCNc1nc(C[NH+]2CCOCC2)nc2sc(C)c(C)c12. The molecule has 0 radical (unpaired) electrons. The van der Waals surface area contributed by atoms with Crippen molar-refractivity contribution in [3.63, 3.8) is 0 Å². The fourth-order valence-electron chi connectivity index (χ4n) is 2.98. The van der Waals surface area contributed by atoms with Crippen molar-refractivity contribution >= 4 is 33.3 Å². The average molecular weight is 364 g/mol. The first-order valence-corrected chi connectivity index (χ1v) is 9.52. The third-order valence-electron chi connectivity index (χ3n) is 4.47. The van der Waals surface area contributed by atoms with Gasteiger partial charge in [0.2, 0.25) is 5.91 Å². The number of anilines is 1. The van der Waals surface area contributed by atoms with Gasteiger partial charge in [-0.1, -0.05) is 0 Å². The van der Waals surface area contributed by atoms with Gasteiger partial charge in [0.1, 0.15) is 30.3 Å². The van der Waals surface area contributed by atoms with E-state index in [0.717, 1.165) is 54.7 Å². The molecule has 0 aliphatic carbocycles. The highest BCUT2D eigenvalue weighted by Crippen LogP contribution is 2.33. The number of carbonyl (C=O) groups excluding carboxylic acids is 1. The molecule has 0 atom stereocenters. The van der Waals surface area contributed by atoms with Crippen molar-refractivity contribution in [2.45, 2.75) is 27.3 Å². The second-order valence-electron chi connectivity index (χ2n) is 6.40. The van der Waals surface area contributed by atoms with Crippen LogP contribution in [-0.2, 0) is 16.1 Å². The summed E-state index contributed by atoms with van der Waals surface area (Å²) < 4.78 is 5.43. The Balaban J connectivity index is 1.82. The van der Waals surface area contributed by atoms with Crippen molar-refractivity contribution in [2.75, 3.05) is 44.7 Å². The quantitative estimate of drug-likeness (QED) is 0.641. The van der Waals surface area contributed by atoms with E-state index in [2.05, 4.69) is 24.5 Å². The molecule has 1 aliphatic rings. The highest BCUT2D eigenvalue weighted by Gasteiger charge is 2.19. The predicted octanol–water partition coefficient (Wildman–Crippen LogP) is 0.271. The Morgan fingerprint density at radius 2 is 2.00 bits per heavy atom. The molecule has 3 rings (SSSR count). The molecule has 0 saturated carbocycles. The molecule has 7 nitrogen and oxygen atoms in total. The van der Waals surface area contributed by atoms with E-state index in [4.69, 9.17) is 14.7 Å². The number of aromatic nitrogens is 2. The Morgan fingerprint density at radius 3 is 2.72 bits per heavy atom. The molecule has 2 aromatic rings. The summed E-state index contributed by atoms with van der Waals surface area (Å²) in [6.07, 6.45) is 0. The van der Waals surface area contributed by atoms with Gasteiger partial charge in [-0.05, 0) is 19.4 Å². The van der Waals surface area contributed by atoms with Gasteiger partial charge in [0.25, 0.3) is 0 Å². The second kappa shape index (κ2) is 8.07. The number of quaternary nitrogens is 1. The number of nitrogens with one attached hydrogen (secondary N) is 3. The van der Waals surface area contributed by atoms with Gasteiger partial charge < -0.3 is 20.3 Å². The summed E-state index contributed by atoms with van der Waals surface area (Å²) in [4.78, 5) is 24.4. The van der Waals surface area contributed by atoms with E-state index >= 15 is 0 Å². The number of aryl methyl sites for hydroxylation is 2. The van der Waals surface area contributed by atoms with E-state index in [1.54, 1.807) is 11.3 Å². The van der Waals surface area contributed by atoms with Crippen LogP contribution in [0.5, 0.6) is 0 Å². The molecule has 1 saturated heterocycles. The van der Waals surface area contributed by atoms with Gasteiger partial charge >= 0.3 is 0 Å². The maximum Gasteiger partial charge on any atom is 0.216 e. The zero-order valence-corrected chi connectivity index (χ0v) is 15.9. The normalized spacial score (nSPS) is 15.5. The summed E-state index contributed by atoms with van der Waals surface area (Å²) in [6, 6.07) is 0. The lowest BCUT2D eigenvalue weighted by Crippen LogP contribution is -3.12. The molecule has 0 spiro atoms. The molecule has 0 bridgehead atoms. The van der Waals surface area contributed by atoms with Crippen molar-refractivity contribution in [1.29, 1.82) is 0 Å². The molecular weight excluding hydrogens is 338 g/mol. The van der Waals surface area contributed by atoms with E-state index in [1.807, 2.05) is 0 Å². The summed E-state index contributed by atoms with van der Waals surface area (Å²) in [5, 5.41) is 7.29. The van der Waals surface area contributed by atoms with E-state index in [1.165, 1.54) is 22.3 Å². The van der Waals surface area contributed by atoms with Crippen LogP contribution < -0.4 is 15.5 Å². The Labute approximate surface area is 151 Å². The van der Waals surface area contributed by atoms with Crippen molar-refractivity contribution in [3.05, 3.63) is 16.3 Å². The van der Waals surface area contributed by atoms with Crippen molar-refractivity contribution in [1.82, 2.24) is 15.3 Å². The number of hydrogen-bond acceptors (Lipinski definition) is 6. The molecule has 8 heteroatoms. The first-order valence-electron chi connectivity index (χ1n) is 8.71. The number of carbonyl (C=O) groups is 1. The summed E-state index contributed by atoms with van der Waals surface area (Å²) in [5.41, 5.74) is 1.23. The molecule has 136 valence electrons. The third-order valence-corrected chi connectivity index (χ3v) is 5.58. The lowest BCUT2D eigenvalue weighted by atomic mass is 10.2. The first-order chi connectivity index (χ1) is 12.0. The number of ether oxygens (including phenoxy) is 1. The van der Waals surface area contributed by atoms with Crippen LogP contribution in [0.25, 0.3) is 10.2 Å². The van der Waals surface area contributed by atoms with Crippen LogP contribution in [0.4, 0.5) is 5.82 Å². The Bertz CT molecular complexity index is 755. The standard InChI is InChI=1S/C17H25N5O2S/c1-11-12(2)25-17-15(11)16(19-5-4-18-13(3)23)20-14(21-17)10-22-6-8-24-9-7-22/h4-10H2,1-3H3,(H,18,23)(H,19,20,21)/p+1. The minimum atomic E-state index is -0.0196. The van der Waals surface area contributed by atoms with Gasteiger partial charge in [-0.25, -0.2) is 9.97 Å². The van der Waals surface area contributed by atoms with Crippen LogP contribution >= 0.6 is 11.3 Å². The van der Waals surface area contributed by atoms with Crippen LogP contribution in [0.1, 0.15) is 23.2 Å². The van der Waals surface area contributed by atoms with Crippen molar-refractivity contribution in [3.8, 4) is 0 Å². The topological polar surface area (TPSA) is 80.6 Å². The largest absolute Gasteiger partial charge is 0.370 e. The maximum atomic E-state index is 11.0. The number of amides is 1. The maximum absolute atomic E-state index is 11.0. The zero-order valence-electron chi connectivity index (χ0n) is 15.1. The van der Waals surface area contributed by atoms with Gasteiger partial charge in [-0.2, -0.15) is 0 Å². The lowest BCUT2D eigenvalue weighted by molar-refractivity contribution is -0.922. The number of fused-ring (bicyclic) bond motifs is 1. The molecule has 25 heavy (non-hydrogen) atoms. The second-order valence-corrected chi connectivity index (χ2v) is 7.60. The summed E-state index contributed by atoms with van der Waals surface area (Å²) in [5.74, 6) is 1.72. The minimum absolute atomic E-state index is 0.0196. The molecule has 1 amide bonds. The van der Waals surface area contributed by atoms with Gasteiger partial charge in [-0.15, -0.1) is 11.3 Å². The molecule has 3 N–H and O–H groups in total. The Hall–Kier alpha value is -1.77. The molecule has 0 aromatic carbocycles. The first kappa shape index (κ1) is 18.0. The predicted molar refractivity (Wildman–Crippen MR) is 99.3 cm³/mol. The molecule has 3 heterocycles. The van der Waals surface area contributed by atoms with E-state index < -0.39 is 0 Å². The zero-order chi connectivity index (χ0) is 17.8. The van der Waals surface area contributed by atoms with Crippen molar-refractivity contribution in [2.24, 2.45) is 0 Å². The van der Waals surface area contributed by atoms with Crippen LogP contribution in [0.2, 0.25) is 0 Å². The van der Waals surface area contributed by atoms with Crippen LogP contribution in [0.3, 0.4) is 0 Å². The average Bonchev–Trinajstić information content (AvgIpc) is 2.87. The van der Waals surface area contributed by atoms with Gasteiger partial charge in [0.05, 0.1) is 18.6 Å². The van der Waals surface area contributed by atoms with Crippen LogP contribution in [0, 0.1) is 13.8 Å². The molecule has 1 aliphatic heterocycles. The fraction of sp³-hybridized carbons (Fsp3) is 0.588. The van der Waals surface area contributed by atoms with Crippen molar-refractivity contribution < 1.29 is 14.4 Å². The lowest BCUT2D eigenvalue weighted by Gasteiger charge is -2.23. The molecule has 2 aromatic heterocycles. The monoisotopic (exact) mass is 364 g/mol. The molecular formula is C17H26N5O2S+. The number of nitrogens with zero attached hydrogens (tertiary/aromatic N) is 2. The molecule has 1 fully saturated rings. The van der Waals surface area contributed by atoms with Crippen LogP contribution in [0.15, 0.2) is 0 Å². The number of rotatable bonds is 6. The minimum Gasteiger partial charge on any atom is -0.370 e. The molecule has 0 unspecified atom stereocenters. The number of thiophene rings is 1. The Morgan fingerprint density at radius 1 is 1.24 bits per heavy atom. The smallest absolute Gasteiger partial charge is 0.216 e. The van der Waals surface area contributed by atoms with E-state index in [9.17, 15) is 4.79 Å². The van der Waals surface area contributed by atoms with Crippen LogP contribution in [-0.4, -0.2) is 55.3 Å².